The largest absolute Gasteiger partial charge is 0.504 e. The second kappa shape index (κ2) is 2.98. The standard InChI is InChI=1S/C7H4N2O4/c8-3-4-1-5(9(12)13)2-6(10)7(4)11/h1-2,10-11H. The van der Waals surface area contributed by atoms with Crippen LogP contribution < -0.4 is 0 Å². The summed E-state index contributed by atoms with van der Waals surface area (Å²) in [6, 6.07) is 3.17. The minimum absolute atomic E-state index is 0.327. The van der Waals surface area contributed by atoms with Crippen molar-refractivity contribution in [1.29, 1.82) is 5.26 Å². The van der Waals surface area contributed by atoms with Crippen molar-refractivity contribution >= 4 is 5.69 Å². The molecule has 13 heavy (non-hydrogen) atoms. The lowest BCUT2D eigenvalue weighted by atomic mass is 10.2. The van der Waals surface area contributed by atoms with Crippen molar-refractivity contribution in [3.63, 3.8) is 0 Å². The van der Waals surface area contributed by atoms with Gasteiger partial charge >= 0.3 is 0 Å². The summed E-state index contributed by atoms with van der Waals surface area (Å²) in [7, 11) is 0. The maximum Gasteiger partial charge on any atom is 0.274 e. The number of rotatable bonds is 1. The molecule has 0 aliphatic heterocycles. The zero-order chi connectivity index (χ0) is 10.0. The lowest BCUT2D eigenvalue weighted by Crippen LogP contribution is -1.89. The Balaban J connectivity index is 3.41. The van der Waals surface area contributed by atoms with E-state index in [2.05, 4.69) is 0 Å². The highest BCUT2D eigenvalue weighted by atomic mass is 16.6. The summed E-state index contributed by atoms with van der Waals surface area (Å²) in [5.41, 5.74) is -0.765. The van der Waals surface area contributed by atoms with Crippen LogP contribution in [-0.4, -0.2) is 15.1 Å². The predicted octanol–water partition coefficient (Wildman–Crippen LogP) is 0.878. The molecule has 2 N–H and O–H groups in total. The number of nitro groups is 1. The Labute approximate surface area is 72.4 Å². The van der Waals surface area contributed by atoms with E-state index in [-0.39, 0.29) is 5.56 Å². The SMILES string of the molecule is N#Cc1cc([N+](=O)[O-])cc(O)c1O. The van der Waals surface area contributed by atoms with Crippen molar-refractivity contribution in [2.24, 2.45) is 0 Å². The number of benzene rings is 1. The second-order valence-electron chi connectivity index (χ2n) is 2.23. The fourth-order valence-corrected chi connectivity index (χ4v) is 0.795. The number of nitro benzene ring substituents is 1. The monoisotopic (exact) mass is 180 g/mol. The van der Waals surface area contributed by atoms with Gasteiger partial charge in [0.1, 0.15) is 11.6 Å². The topological polar surface area (TPSA) is 107 Å². The van der Waals surface area contributed by atoms with E-state index in [0.29, 0.717) is 0 Å². The maximum absolute atomic E-state index is 10.2. The van der Waals surface area contributed by atoms with Crippen LogP contribution in [0.2, 0.25) is 0 Å². The first kappa shape index (κ1) is 8.80. The van der Waals surface area contributed by atoms with Gasteiger partial charge in [0.05, 0.1) is 11.0 Å². The highest BCUT2D eigenvalue weighted by molar-refractivity contribution is 5.57. The Morgan fingerprint density at radius 3 is 2.54 bits per heavy atom. The Morgan fingerprint density at radius 2 is 2.08 bits per heavy atom. The molecule has 1 aromatic rings. The lowest BCUT2D eigenvalue weighted by molar-refractivity contribution is -0.385. The van der Waals surface area contributed by atoms with Gasteiger partial charge in [0.15, 0.2) is 11.5 Å². The third kappa shape index (κ3) is 1.49. The summed E-state index contributed by atoms with van der Waals surface area (Å²) < 4.78 is 0. The number of non-ortho nitro benzene ring substituents is 1. The van der Waals surface area contributed by atoms with Crippen LogP contribution in [0.3, 0.4) is 0 Å². The van der Waals surface area contributed by atoms with Gasteiger partial charge in [-0.2, -0.15) is 5.26 Å². The van der Waals surface area contributed by atoms with Crippen LogP contribution in [0.25, 0.3) is 0 Å². The van der Waals surface area contributed by atoms with Crippen LogP contribution in [0.4, 0.5) is 5.69 Å². The van der Waals surface area contributed by atoms with Crippen LogP contribution in [0.1, 0.15) is 5.56 Å². The Hall–Kier alpha value is -2.29. The van der Waals surface area contributed by atoms with Gasteiger partial charge in [-0.15, -0.1) is 0 Å². The second-order valence-corrected chi connectivity index (χ2v) is 2.23. The van der Waals surface area contributed by atoms with E-state index >= 15 is 0 Å². The van der Waals surface area contributed by atoms with Crippen molar-refractivity contribution in [2.45, 2.75) is 0 Å². The van der Waals surface area contributed by atoms with Crippen LogP contribution in [0.5, 0.6) is 11.5 Å². The third-order valence-electron chi connectivity index (χ3n) is 1.41. The molecule has 0 bridgehead atoms. The lowest BCUT2D eigenvalue weighted by Gasteiger charge is -1.98. The first-order valence-electron chi connectivity index (χ1n) is 3.16. The summed E-state index contributed by atoms with van der Waals surface area (Å²) in [6.45, 7) is 0. The van der Waals surface area contributed by atoms with Gasteiger partial charge in [0.2, 0.25) is 0 Å². The molecule has 0 amide bonds. The van der Waals surface area contributed by atoms with Crippen molar-refractivity contribution in [3.8, 4) is 17.6 Å². The molecule has 0 saturated heterocycles. The predicted molar refractivity (Wildman–Crippen MR) is 41.1 cm³/mol. The molecule has 0 aliphatic carbocycles. The van der Waals surface area contributed by atoms with E-state index in [1.54, 1.807) is 0 Å². The average Bonchev–Trinajstić information content (AvgIpc) is 2.09. The van der Waals surface area contributed by atoms with Gasteiger partial charge in [-0.1, -0.05) is 0 Å². The summed E-state index contributed by atoms with van der Waals surface area (Å²) in [6.07, 6.45) is 0. The normalized spacial score (nSPS) is 9.15. The molecule has 1 rings (SSSR count). The zero-order valence-corrected chi connectivity index (χ0v) is 6.26. The van der Waals surface area contributed by atoms with Crippen LogP contribution in [-0.2, 0) is 0 Å². The molecular weight excluding hydrogens is 176 g/mol. The number of aromatic hydroxyl groups is 2. The highest BCUT2D eigenvalue weighted by Crippen LogP contribution is 2.32. The van der Waals surface area contributed by atoms with E-state index in [0.717, 1.165) is 12.1 Å². The Bertz CT molecular complexity index is 408. The first-order valence-corrected chi connectivity index (χ1v) is 3.16. The zero-order valence-electron chi connectivity index (χ0n) is 6.26. The summed E-state index contributed by atoms with van der Waals surface area (Å²) in [5, 5.41) is 36.6. The molecular formula is C7H4N2O4. The molecule has 0 saturated carbocycles. The van der Waals surface area contributed by atoms with Crippen LogP contribution in [0.15, 0.2) is 12.1 Å². The summed E-state index contributed by atoms with van der Waals surface area (Å²) in [5.74, 6) is -1.32. The van der Waals surface area contributed by atoms with E-state index in [9.17, 15) is 10.1 Å². The fourth-order valence-electron chi connectivity index (χ4n) is 0.795. The molecule has 0 aliphatic rings. The van der Waals surface area contributed by atoms with Crippen molar-refractivity contribution in [3.05, 3.63) is 27.8 Å². The van der Waals surface area contributed by atoms with Crippen molar-refractivity contribution < 1.29 is 15.1 Å². The maximum atomic E-state index is 10.2. The third-order valence-corrected chi connectivity index (χ3v) is 1.41. The van der Waals surface area contributed by atoms with E-state index in [1.165, 1.54) is 6.07 Å². The van der Waals surface area contributed by atoms with Gasteiger partial charge in [0.25, 0.3) is 5.69 Å². The Morgan fingerprint density at radius 1 is 1.46 bits per heavy atom. The van der Waals surface area contributed by atoms with Gasteiger partial charge in [-0.25, -0.2) is 0 Å². The summed E-state index contributed by atoms with van der Waals surface area (Å²) >= 11 is 0. The van der Waals surface area contributed by atoms with E-state index in [1.807, 2.05) is 0 Å². The highest BCUT2D eigenvalue weighted by Gasteiger charge is 2.14. The Kier molecular flexibility index (Phi) is 2.02. The number of nitrogens with zero attached hydrogens (tertiary/aromatic N) is 2. The summed E-state index contributed by atoms with van der Waals surface area (Å²) in [4.78, 5) is 9.47. The molecule has 0 radical (unpaired) electrons. The van der Waals surface area contributed by atoms with Gasteiger partial charge in [-0.3, -0.25) is 10.1 Å². The van der Waals surface area contributed by atoms with Crippen LogP contribution >= 0.6 is 0 Å². The molecule has 6 heteroatoms. The van der Waals surface area contributed by atoms with Gasteiger partial charge in [0, 0.05) is 6.07 Å². The number of hydrogen-bond donors (Lipinski definition) is 2. The average molecular weight is 180 g/mol. The van der Waals surface area contributed by atoms with Gasteiger partial charge in [-0.05, 0) is 0 Å². The van der Waals surface area contributed by atoms with Crippen molar-refractivity contribution in [1.82, 2.24) is 0 Å². The quantitative estimate of drug-likeness (QED) is 0.379. The minimum Gasteiger partial charge on any atom is -0.504 e. The molecule has 0 atom stereocenters. The minimum atomic E-state index is -0.764. The first-order chi connectivity index (χ1) is 6.06. The van der Waals surface area contributed by atoms with Crippen LogP contribution in [0, 0.1) is 21.4 Å². The molecule has 0 heterocycles. The van der Waals surface area contributed by atoms with Gasteiger partial charge < -0.3 is 10.2 Å². The fraction of sp³-hybridized carbons (Fsp3) is 0. The molecule has 0 unspecified atom stereocenters. The molecule has 0 aromatic heterocycles. The number of hydrogen-bond acceptors (Lipinski definition) is 5. The van der Waals surface area contributed by atoms with Crippen molar-refractivity contribution in [2.75, 3.05) is 0 Å². The number of nitriles is 1. The molecule has 66 valence electrons. The number of phenolic OH excluding ortho intramolecular Hbond substituents is 2. The molecule has 6 nitrogen and oxygen atoms in total. The molecule has 0 fully saturated rings. The smallest absolute Gasteiger partial charge is 0.274 e. The van der Waals surface area contributed by atoms with E-state index in [4.69, 9.17) is 15.5 Å². The number of phenols is 2. The molecule has 1 aromatic carbocycles. The molecule has 0 spiro atoms. The van der Waals surface area contributed by atoms with E-state index < -0.39 is 22.1 Å².